The minimum absolute atomic E-state index is 0.0630. The van der Waals surface area contributed by atoms with Crippen LogP contribution in [-0.2, 0) is 0 Å². The van der Waals surface area contributed by atoms with Crippen LogP contribution in [0.25, 0.3) is 16.8 Å². The molecule has 0 aliphatic heterocycles. The molecule has 3 rings (SSSR count). The molecule has 2 aromatic rings. The maximum atomic E-state index is 11.8. The second-order valence-corrected chi connectivity index (χ2v) is 3.94. The fraction of sp³-hybridized carbons (Fsp3) is 0.0714. The van der Waals surface area contributed by atoms with E-state index >= 15 is 0 Å². The van der Waals surface area contributed by atoms with Gasteiger partial charge >= 0.3 is 0 Å². The number of carbonyl (C=O) groups is 1. The van der Waals surface area contributed by atoms with E-state index in [0.717, 1.165) is 10.9 Å². The number of phenolic OH excluding ortho intramolecular Hbond substituents is 1. The first-order chi connectivity index (χ1) is 8.22. The summed E-state index contributed by atoms with van der Waals surface area (Å²) in [5, 5.41) is 11.5. The summed E-state index contributed by atoms with van der Waals surface area (Å²) < 4.78 is 5.08. The number of hydrogen-bond acceptors (Lipinski definition) is 3. The van der Waals surface area contributed by atoms with Crippen LogP contribution < -0.4 is 4.74 Å². The number of carbonyl (C=O) groups excluding carboxylic acids is 1. The van der Waals surface area contributed by atoms with Crippen molar-refractivity contribution < 1.29 is 14.6 Å². The number of ketones is 1. The summed E-state index contributed by atoms with van der Waals surface area (Å²) in [5.74, 6) is 0.344. The number of methoxy groups -OCH3 is 1. The number of phenols is 1. The van der Waals surface area contributed by atoms with Gasteiger partial charge < -0.3 is 9.84 Å². The molecule has 0 bridgehead atoms. The minimum atomic E-state index is -0.0630. The van der Waals surface area contributed by atoms with Crippen LogP contribution in [0.4, 0.5) is 0 Å². The van der Waals surface area contributed by atoms with Crippen molar-refractivity contribution in [3.8, 4) is 11.5 Å². The lowest BCUT2D eigenvalue weighted by Crippen LogP contribution is -2.02. The Bertz CT molecular complexity index is 669. The Morgan fingerprint density at radius 2 is 2.06 bits per heavy atom. The van der Waals surface area contributed by atoms with Crippen LogP contribution in [0.15, 0.2) is 30.3 Å². The van der Waals surface area contributed by atoms with Gasteiger partial charge in [-0.2, -0.15) is 0 Å². The van der Waals surface area contributed by atoms with Crippen LogP contribution in [0.1, 0.15) is 15.9 Å². The first-order valence-corrected chi connectivity index (χ1v) is 5.27. The molecule has 0 aromatic heterocycles. The lowest BCUT2D eigenvalue weighted by molar-refractivity contribution is 0.104. The Morgan fingerprint density at radius 3 is 2.82 bits per heavy atom. The molecule has 1 N–H and O–H groups in total. The summed E-state index contributed by atoms with van der Waals surface area (Å²) >= 11 is 0. The SMILES string of the molecule is COc1cc2c3c(cccc3c1O)C=CC2=O. The molecule has 84 valence electrons. The first kappa shape index (κ1) is 9.90. The second-order valence-electron chi connectivity index (χ2n) is 3.94. The Kier molecular flexibility index (Phi) is 1.95. The molecule has 1 aliphatic rings. The summed E-state index contributed by atoms with van der Waals surface area (Å²) in [6.07, 6.45) is 3.30. The zero-order valence-electron chi connectivity index (χ0n) is 9.23. The molecule has 0 heterocycles. The molecule has 1 aliphatic carbocycles. The summed E-state index contributed by atoms with van der Waals surface area (Å²) in [7, 11) is 1.47. The van der Waals surface area contributed by atoms with Crippen LogP contribution in [-0.4, -0.2) is 18.0 Å². The predicted octanol–water partition coefficient (Wildman–Crippen LogP) is 2.76. The van der Waals surface area contributed by atoms with E-state index in [4.69, 9.17) is 4.74 Å². The van der Waals surface area contributed by atoms with Gasteiger partial charge in [0.25, 0.3) is 0 Å². The van der Waals surface area contributed by atoms with Crippen LogP contribution in [0.2, 0.25) is 0 Å². The molecule has 0 fully saturated rings. The van der Waals surface area contributed by atoms with E-state index in [1.165, 1.54) is 13.2 Å². The van der Waals surface area contributed by atoms with Crippen LogP contribution >= 0.6 is 0 Å². The van der Waals surface area contributed by atoms with Gasteiger partial charge in [0.2, 0.25) is 0 Å². The van der Waals surface area contributed by atoms with Crippen molar-refractivity contribution in [2.24, 2.45) is 0 Å². The molecular formula is C14H10O3. The smallest absolute Gasteiger partial charge is 0.186 e. The standard InChI is InChI=1S/C14H10O3/c1-17-12-7-10-11(15)6-5-8-3-2-4-9(13(8)10)14(12)16/h2-7,16H,1H3. The van der Waals surface area contributed by atoms with Gasteiger partial charge in [-0.3, -0.25) is 4.79 Å². The number of aromatic hydroxyl groups is 1. The number of benzene rings is 2. The van der Waals surface area contributed by atoms with Crippen molar-refractivity contribution in [1.29, 1.82) is 0 Å². The normalized spacial score (nSPS) is 13.1. The van der Waals surface area contributed by atoms with Crippen molar-refractivity contribution in [3.63, 3.8) is 0 Å². The van der Waals surface area contributed by atoms with Gasteiger partial charge in [-0.1, -0.05) is 24.3 Å². The van der Waals surface area contributed by atoms with Crippen LogP contribution in [0.5, 0.6) is 11.5 Å². The Labute approximate surface area is 97.9 Å². The third-order valence-corrected chi connectivity index (χ3v) is 3.03. The summed E-state index contributed by atoms with van der Waals surface area (Å²) in [6.45, 7) is 0. The molecular weight excluding hydrogens is 216 g/mol. The zero-order chi connectivity index (χ0) is 12.0. The number of allylic oxidation sites excluding steroid dienone is 1. The van der Waals surface area contributed by atoms with Gasteiger partial charge in [-0.05, 0) is 17.7 Å². The van der Waals surface area contributed by atoms with E-state index in [1.54, 1.807) is 18.2 Å². The summed E-state index contributed by atoms with van der Waals surface area (Å²) in [4.78, 5) is 11.8. The highest BCUT2D eigenvalue weighted by molar-refractivity contribution is 6.21. The third kappa shape index (κ3) is 1.25. The molecule has 3 heteroatoms. The van der Waals surface area contributed by atoms with Crippen LogP contribution in [0, 0.1) is 0 Å². The lowest BCUT2D eigenvalue weighted by Gasteiger charge is -2.15. The first-order valence-electron chi connectivity index (χ1n) is 5.27. The summed E-state index contributed by atoms with van der Waals surface area (Å²) in [5.41, 5.74) is 1.52. The van der Waals surface area contributed by atoms with Gasteiger partial charge in [-0.25, -0.2) is 0 Å². The van der Waals surface area contributed by atoms with Crippen LogP contribution in [0.3, 0.4) is 0 Å². The fourth-order valence-electron chi connectivity index (χ4n) is 2.22. The monoisotopic (exact) mass is 226 g/mol. The average Bonchev–Trinajstić information content (AvgIpc) is 2.36. The molecule has 17 heavy (non-hydrogen) atoms. The minimum Gasteiger partial charge on any atom is -0.504 e. The van der Waals surface area contributed by atoms with E-state index in [-0.39, 0.29) is 11.5 Å². The van der Waals surface area contributed by atoms with Crippen molar-refractivity contribution in [1.82, 2.24) is 0 Å². The Hall–Kier alpha value is -2.29. The van der Waals surface area contributed by atoms with E-state index < -0.39 is 0 Å². The largest absolute Gasteiger partial charge is 0.504 e. The lowest BCUT2D eigenvalue weighted by atomic mass is 9.91. The maximum absolute atomic E-state index is 11.8. The van der Waals surface area contributed by atoms with E-state index in [9.17, 15) is 9.90 Å². The number of ether oxygens (including phenoxy) is 1. The van der Waals surface area contributed by atoms with E-state index in [2.05, 4.69) is 0 Å². The van der Waals surface area contributed by atoms with Crippen molar-refractivity contribution in [3.05, 3.63) is 41.5 Å². The van der Waals surface area contributed by atoms with E-state index in [1.807, 2.05) is 12.1 Å². The van der Waals surface area contributed by atoms with Gasteiger partial charge in [0.1, 0.15) is 0 Å². The summed E-state index contributed by atoms with van der Waals surface area (Å²) in [6, 6.07) is 7.14. The highest BCUT2D eigenvalue weighted by Crippen LogP contribution is 2.40. The molecule has 3 nitrogen and oxygen atoms in total. The topological polar surface area (TPSA) is 46.5 Å². The molecule has 2 aromatic carbocycles. The van der Waals surface area contributed by atoms with Crippen molar-refractivity contribution in [2.45, 2.75) is 0 Å². The molecule has 0 unspecified atom stereocenters. The highest BCUT2D eigenvalue weighted by Gasteiger charge is 2.19. The van der Waals surface area contributed by atoms with E-state index in [0.29, 0.717) is 16.7 Å². The average molecular weight is 226 g/mol. The predicted molar refractivity (Wildman–Crippen MR) is 65.5 cm³/mol. The number of rotatable bonds is 1. The van der Waals surface area contributed by atoms with Gasteiger partial charge in [0.05, 0.1) is 7.11 Å². The van der Waals surface area contributed by atoms with Gasteiger partial charge in [0.15, 0.2) is 17.3 Å². The Balaban J connectivity index is 2.53. The quantitative estimate of drug-likeness (QED) is 0.813. The molecule has 0 atom stereocenters. The fourth-order valence-corrected chi connectivity index (χ4v) is 2.22. The second kappa shape index (κ2) is 3.35. The van der Waals surface area contributed by atoms with Gasteiger partial charge in [0, 0.05) is 16.3 Å². The molecule has 0 spiro atoms. The molecule has 0 saturated carbocycles. The number of hydrogen-bond donors (Lipinski definition) is 1. The maximum Gasteiger partial charge on any atom is 0.186 e. The Morgan fingerprint density at radius 1 is 1.24 bits per heavy atom. The van der Waals surface area contributed by atoms with Gasteiger partial charge in [-0.15, -0.1) is 0 Å². The molecule has 0 amide bonds. The third-order valence-electron chi connectivity index (χ3n) is 3.03. The van der Waals surface area contributed by atoms with Crippen molar-refractivity contribution in [2.75, 3.05) is 7.11 Å². The highest BCUT2D eigenvalue weighted by atomic mass is 16.5. The molecule has 0 radical (unpaired) electrons. The van der Waals surface area contributed by atoms with Crippen molar-refractivity contribution >= 4 is 22.6 Å². The zero-order valence-corrected chi connectivity index (χ0v) is 9.23. The molecule has 0 saturated heterocycles.